The summed E-state index contributed by atoms with van der Waals surface area (Å²) in [5.41, 5.74) is 2.30. The van der Waals surface area contributed by atoms with Crippen LogP contribution in [0.5, 0.6) is 0 Å². The van der Waals surface area contributed by atoms with Crippen LogP contribution < -0.4 is 5.32 Å². The van der Waals surface area contributed by atoms with Crippen LogP contribution in [0.15, 0.2) is 18.2 Å². The van der Waals surface area contributed by atoms with Crippen molar-refractivity contribution in [1.82, 2.24) is 5.32 Å². The maximum Gasteiger partial charge on any atom is 0.206 e. The van der Waals surface area contributed by atoms with Crippen molar-refractivity contribution in [3.05, 3.63) is 34.3 Å². The summed E-state index contributed by atoms with van der Waals surface area (Å²) < 4.78 is -0.0445. The van der Waals surface area contributed by atoms with E-state index in [4.69, 9.17) is 11.6 Å². The summed E-state index contributed by atoms with van der Waals surface area (Å²) >= 11 is 7.51. The number of carbonyl (C=O) groups excluding carboxylic acids is 1. The van der Waals surface area contributed by atoms with Crippen LogP contribution in [0.25, 0.3) is 0 Å². The zero-order valence-corrected chi connectivity index (χ0v) is 10.5. The Labute approximate surface area is 104 Å². The Kier molecular flexibility index (Phi) is 2.32. The number of aryl methyl sites for hydroxylation is 1. The lowest BCUT2D eigenvalue weighted by Crippen LogP contribution is -2.34. The molecule has 2 nitrogen and oxygen atoms in total. The van der Waals surface area contributed by atoms with Gasteiger partial charge in [-0.15, -0.1) is 0 Å². The molecule has 0 aromatic heterocycles. The molecule has 2 bridgehead atoms. The molecule has 0 spiro atoms. The predicted octanol–water partition coefficient (Wildman–Crippen LogP) is 2.48. The number of hydrogen-bond acceptors (Lipinski definition) is 3. The van der Waals surface area contributed by atoms with Crippen LogP contribution in [-0.2, 0) is 9.54 Å². The first kappa shape index (κ1) is 10.6. The lowest BCUT2D eigenvalue weighted by atomic mass is 9.94. The summed E-state index contributed by atoms with van der Waals surface area (Å²) in [6.07, 6.45) is 0.914. The van der Waals surface area contributed by atoms with Gasteiger partial charge < -0.3 is 5.32 Å². The maximum absolute atomic E-state index is 11.6. The molecule has 4 heteroatoms. The van der Waals surface area contributed by atoms with E-state index in [-0.39, 0.29) is 15.9 Å². The van der Waals surface area contributed by atoms with E-state index in [1.54, 1.807) is 0 Å². The van der Waals surface area contributed by atoms with Gasteiger partial charge >= 0.3 is 0 Å². The van der Waals surface area contributed by atoms with Gasteiger partial charge in [0, 0.05) is 11.6 Å². The fourth-order valence-electron chi connectivity index (χ4n) is 2.48. The normalized spacial score (nSPS) is 32.4. The number of thioether (sulfide) groups is 1. The molecule has 0 aliphatic carbocycles. The molecule has 1 aromatic carbocycles. The molecule has 2 atom stereocenters. The highest BCUT2D eigenvalue weighted by molar-refractivity contribution is 8.15. The van der Waals surface area contributed by atoms with Gasteiger partial charge in [0.1, 0.15) is 0 Å². The van der Waals surface area contributed by atoms with Crippen molar-refractivity contribution in [2.45, 2.75) is 24.1 Å². The van der Waals surface area contributed by atoms with Gasteiger partial charge in [-0.2, -0.15) is 0 Å². The second-order valence-corrected chi connectivity index (χ2v) is 6.31. The number of carbonyl (C=O) groups is 1. The van der Waals surface area contributed by atoms with Gasteiger partial charge in [0.15, 0.2) is 0 Å². The fourth-order valence-corrected chi connectivity index (χ4v) is 3.94. The standard InChI is InChI=1S/C12H12ClNOS/c1-7-4-8(2-3-9(7)13)12-5-10(14-6-12)11(15)16-12/h2-4,10,14H,5-6H2,1H3. The molecule has 2 aliphatic heterocycles. The number of rotatable bonds is 1. The molecule has 0 radical (unpaired) electrons. The Morgan fingerprint density at radius 2 is 2.38 bits per heavy atom. The van der Waals surface area contributed by atoms with Gasteiger partial charge in [0.05, 0.1) is 10.8 Å². The maximum atomic E-state index is 11.6. The van der Waals surface area contributed by atoms with Crippen LogP contribution >= 0.6 is 23.4 Å². The molecule has 2 unspecified atom stereocenters. The monoisotopic (exact) mass is 253 g/mol. The van der Waals surface area contributed by atoms with Crippen LogP contribution in [-0.4, -0.2) is 17.7 Å². The molecule has 1 N–H and O–H groups in total. The van der Waals surface area contributed by atoms with E-state index in [0.717, 1.165) is 23.6 Å². The lowest BCUT2D eigenvalue weighted by molar-refractivity contribution is -0.112. The van der Waals surface area contributed by atoms with E-state index in [1.807, 2.05) is 19.1 Å². The summed E-state index contributed by atoms with van der Waals surface area (Å²) in [5.74, 6) is 0. The van der Waals surface area contributed by atoms with Crippen LogP contribution in [0.4, 0.5) is 0 Å². The molecular formula is C12H12ClNOS. The lowest BCUT2D eigenvalue weighted by Gasteiger charge is -2.25. The van der Waals surface area contributed by atoms with E-state index in [2.05, 4.69) is 11.4 Å². The Morgan fingerprint density at radius 1 is 1.56 bits per heavy atom. The van der Waals surface area contributed by atoms with E-state index in [0.29, 0.717) is 0 Å². The topological polar surface area (TPSA) is 29.1 Å². The number of halogens is 1. The van der Waals surface area contributed by atoms with Crippen molar-refractivity contribution in [3.8, 4) is 0 Å². The van der Waals surface area contributed by atoms with Crippen LogP contribution in [0.3, 0.4) is 0 Å². The third-order valence-electron chi connectivity index (χ3n) is 3.43. The molecule has 0 amide bonds. The minimum absolute atomic E-state index is 0.0445. The van der Waals surface area contributed by atoms with Crippen molar-refractivity contribution >= 4 is 28.5 Å². The van der Waals surface area contributed by atoms with Gasteiger partial charge in [0.25, 0.3) is 0 Å². The average Bonchev–Trinajstić information content (AvgIpc) is 2.80. The van der Waals surface area contributed by atoms with Crippen molar-refractivity contribution in [3.63, 3.8) is 0 Å². The number of nitrogens with one attached hydrogen (secondary N) is 1. The molecule has 3 rings (SSSR count). The second-order valence-electron chi connectivity index (χ2n) is 4.52. The number of hydrogen-bond donors (Lipinski definition) is 1. The summed E-state index contributed by atoms with van der Waals surface area (Å²) in [4.78, 5) is 11.6. The first-order chi connectivity index (χ1) is 7.61. The third kappa shape index (κ3) is 1.42. The van der Waals surface area contributed by atoms with E-state index in [1.165, 1.54) is 17.3 Å². The van der Waals surface area contributed by atoms with Crippen molar-refractivity contribution in [2.24, 2.45) is 0 Å². The fraction of sp³-hybridized carbons (Fsp3) is 0.417. The highest BCUT2D eigenvalue weighted by Gasteiger charge is 2.52. The zero-order chi connectivity index (χ0) is 11.3. The Morgan fingerprint density at radius 3 is 2.94 bits per heavy atom. The second kappa shape index (κ2) is 3.49. The molecule has 2 heterocycles. The molecule has 16 heavy (non-hydrogen) atoms. The van der Waals surface area contributed by atoms with Crippen LogP contribution in [0, 0.1) is 6.92 Å². The summed E-state index contributed by atoms with van der Waals surface area (Å²) in [5, 5.41) is 4.34. The number of fused-ring (bicyclic) bond motifs is 2. The largest absolute Gasteiger partial charge is 0.305 e. The molecule has 2 aliphatic rings. The molecule has 0 saturated carbocycles. The van der Waals surface area contributed by atoms with Gasteiger partial charge in [-0.05, 0) is 30.5 Å². The highest BCUT2D eigenvalue weighted by atomic mass is 35.5. The van der Waals surface area contributed by atoms with Crippen molar-refractivity contribution < 1.29 is 4.79 Å². The van der Waals surface area contributed by atoms with E-state index in [9.17, 15) is 4.79 Å². The van der Waals surface area contributed by atoms with Crippen LogP contribution in [0.1, 0.15) is 17.5 Å². The van der Waals surface area contributed by atoms with Crippen molar-refractivity contribution in [1.29, 1.82) is 0 Å². The third-order valence-corrected chi connectivity index (χ3v) is 5.28. The quantitative estimate of drug-likeness (QED) is 0.834. The minimum atomic E-state index is -0.0445. The van der Waals surface area contributed by atoms with Gasteiger partial charge in [-0.1, -0.05) is 35.5 Å². The van der Waals surface area contributed by atoms with Gasteiger partial charge in [-0.3, -0.25) is 4.79 Å². The van der Waals surface area contributed by atoms with Crippen molar-refractivity contribution in [2.75, 3.05) is 6.54 Å². The highest BCUT2D eigenvalue weighted by Crippen LogP contribution is 2.51. The summed E-state index contributed by atoms with van der Waals surface area (Å²) in [7, 11) is 0. The Balaban J connectivity index is 2.04. The zero-order valence-electron chi connectivity index (χ0n) is 8.92. The summed E-state index contributed by atoms with van der Waals surface area (Å²) in [6.45, 7) is 2.89. The SMILES string of the molecule is Cc1cc(C23CNC(C2)C(=O)S3)ccc1Cl. The van der Waals surface area contributed by atoms with Gasteiger partial charge in [0.2, 0.25) is 5.12 Å². The minimum Gasteiger partial charge on any atom is -0.305 e. The van der Waals surface area contributed by atoms with E-state index < -0.39 is 0 Å². The smallest absolute Gasteiger partial charge is 0.206 e. The summed E-state index contributed by atoms with van der Waals surface area (Å²) in [6, 6.07) is 6.14. The van der Waals surface area contributed by atoms with Crippen LogP contribution in [0.2, 0.25) is 5.02 Å². The molecule has 2 fully saturated rings. The molecule has 84 valence electrons. The van der Waals surface area contributed by atoms with Gasteiger partial charge in [-0.25, -0.2) is 0 Å². The Hall–Kier alpha value is -0.510. The number of benzene rings is 1. The Bertz CT molecular complexity index is 476. The molecule has 2 saturated heterocycles. The first-order valence-corrected chi connectivity index (χ1v) is 6.53. The predicted molar refractivity (Wildman–Crippen MR) is 66.9 cm³/mol. The average molecular weight is 254 g/mol. The molecular weight excluding hydrogens is 242 g/mol. The molecule has 1 aromatic rings. The van der Waals surface area contributed by atoms with E-state index >= 15 is 0 Å². The first-order valence-electron chi connectivity index (χ1n) is 5.34.